The highest BCUT2D eigenvalue weighted by molar-refractivity contribution is 6.04. The number of benzene rings is 4. The Hall–Kier alpha value is -4.18. The van der Waals surface area contributed by atoms with Crippen LogP contribution in [-0.4, -0.2) is 15.9 Å². The van der Waals surface area contributed by atoms with Crippen LogP contribution in [0, 0.1) is 13.8 Å². The molecule has 1 N–H and O–H groups in total. The average Bonchev–Trinajstić information content (AvgIpc) is 2.81. The van der Waals surface area contributed by atoms with Crippen molar-refractivity contribution in [1.29, 1.82) is 0 Å². The summed E-state index contributed by atoms with van der Waals surface area (Å²) in [5.41, 5.74) is 3.85. The molecule has 4 heteroatoms. The summed E-state index contributed by atoms with van der Waals surface area (Å²) in [6, 6.07) is 27.0. The number of nitrogens with zero attached hydrogens (tertiary/aromatic N) is 2. The molecule has 4 nitrogen and oxygen atoms in total. The summed E-state index contributed by atoms with van der Waals surface area (Å²) >= 11 is 0. The molecule has 0 amide bonds. The summed E-state index contributed by atoms with van der Waals surface area (Å²) in [5.74, 6) is -0.124. The van der Waals surface area contributed by atoms with Crippen LogP contribution in [-0.2, 0) is 0 Å². The Morgan fingerprint density at radius 1 is 0.781 bits per heavy atom. The van der Waals surface area contributed by atoms with Crippen LogP contribution in [0.15, 0.2) is 94.7 Å². The fourth-order valence-electron chi connectivity index (χ4n) is 4.05. The number of aryl methyl sites for hydroxylation is 2. The van der Waals surface area contributed by atoms with E-state index >= 15 is 0 Å². The van der Waals surface area contributed by atoms with E-state index in [9.17, 15) is 9.90 Å². The Labute approximate surface area is 185 Å². The zero-order valence-corrected chi connectivity index (χ0v) is 17.9. The minimum atomic E-state index is -0.260. The molecule has 1 aromatic heterocycles. The number of hydrogen-bond acceptors (Lipinski definition) is 3. The largest absolute Gasteiger partial charge is 0.494 e. The maximum Gasteiger partial charge on any atom is 0.265 e. The number of aromatic hydroxyl groups is 1. The predicted octanol–water partition coefficient (Wildman–Crippen LogP) is 6.22. The van der Waals surface area contributed by atoms with Crippen LogP contribution < -0.4 is 5.56 Å². The summed E-state index contributed by atoms with van der Waals surface area (Å²) in [6.45, 7) is 4.01. The first kappa shape index (κ1) is 19.8. The van der Waals surface area contributed by atoms with E-state index in [0.717, 1.165) is 27.6 Å². The number of fused-ring (bicyclic) bond motifs is 2. The van der Waals surface area contributed by atoms with E-state index in [0.29, 0.717) is 22.0 Å². The minimum absolute atomic E-state index is 0.124. The number of rotatable bonds is 3. The second kappa shape index (κ2) is 7.82. The van der Waals surface area contributed by atoms with Gasteiger partial charge in [0.15, 0.2) is 0 Å². The molecular formula is C28H22N2O2. The summed E-state index contributed by atoms with van der Waals surface area (Å²) in [6.07, 6.45) is 1.65. The van der Waals surface area contributed by atoms with Crippen molar-refractivity contribution in [2.75, 3.05) is 0 Å². The topological polar surface area (TPSA) is 54.6 Å². The van der Waals surface area contributed by atoms with Crippen molar-refractivity contribution < 1.29 is 5.11 Å². The third kappa shape index (κ3) is 3.26. The minimum Gasteiger partial charge on any atom is -0.494 e. The van der Waals surface area contributed by atoms with Crippen LogP contribution in [0.25, 0.3) is 27.2 Å². The first-order chi connectivity index (χ1) is 15.5. The summed E-state index contributed by atoms with van der Waals surface area (Å²) in [5, 5.41) is 14.6. The van der Waals surface area contributed by atoms with E-state index in [-0.39, 0.29) is 11.4 Å². The molecule has 156 valence electrons. The lowest BCUT2D eigenvalue weighted by atomic mass is 10.1. The van der Waals surface area contributed by atoms with Gasteiger partial charge >= 0.3 is 0 Å². The SMILES string of the molecule is Cc1ccc(-n2c(O)c(C=Nc3cccc4ccccc34)c3ccccc3c2=O)cc1C. The lowest BCUT2D eigenvalue weighted by Gasteiger charge is -2.15. The Morgan fingerprint density at radius 3 is 2.25 bits per heavy atom. The van der Waals surface area contributed by atoms with Crippen LogP contribution >= 0.6 is 0 Å². The van der Waals surface area contributed by atoms with Gasteiger partial charge in [-0.05, 0) is 54.6 Å². The monoisotopic (exact) mass is 418 g/mol. The van der Waals surface area contributed by atoms with E-state index in [2.05, 4.69) is 0 Å². The molecule has 0 spiro atoms. The van der Waals surface area contributed by atoms with Gasteiger partial charge in [-0.3, -0.25) is 9.79 Å². The fraction of sp³-hybridized carbons (Fsp3) is 0.0714. The smallest absolute Gasteiger partial charge is 0.265 e. The molecule has 0 saturated heterocycles. The summed E-state index contributed by atoms with van der Waals surface area (Å²) < 4.78 is 1.36. The molecule has 0 bridgehead atoms. The molecule has 1 heterocycles. The number of pyridine rings is 1. The van der Waals surface area contributed by atoms with Crippen LogP contribution in [0.1, 0.15) is 16.7 Å². The molecule has 5 aromatic rings. The molecule has 0 aliphatic rings. The highest BCUT2D eigenvalue weighted by Gasteiger charge is 2.16. The van der Waals surface area contributed by atoms with Crippen molar-refractivity contribution in [1.82, 2.24) is 4.57 Å². The first-order valence-electron chi connectivity index (χ1n) is 10.5. The van der Waals surface area contributed by atoms with Gasteiger partial charge < -0.3 is 5.11 Å². The molecule has 5 rings (SSSR count). The Bertz CT molecular complexity index is 1570. The van der Waals surface area contributed by atoms with Gasteiger partial charge in [-0.25, -0.2) is 4.57 Å². The van der Waals surface area contributed by atoms with Gasteiger partial charge in [-0.1, -0.05) is 60.7 Å². The third-order valence-electron chi connectivity index (χ3n) is 5.95. The molecule has 0 aliphatic carbocycles. The Kier molecular flexibility index (Phi) is 4.83. The van der Waals surface area contributed by atoms with Crippen molar-refractivity contribution in [3.8, 4) is 11.6 Å². The van der Waals surface area contributed by atoms with Crippen LogP contribution in [0.2, 0.25) is 0 Å². The van der Waals surface area contributed by atoms with Gasteiger partial charge in [0.25, 0.3) is 5.56 Å². The maximum absolute atomic E-state index is 13.3. The maximum atomic E-state index is 13.3. The number of aliphatic imine (C=N–C) groups is 1. The van der Waals surface area contributed by atoms with Gasteiger partial charge in [0.1, 0.15) is 0 Å². The van der Waals surface area contributed by atoms with Crippen LogP contribution in [0.3, 0.4) is 0 Å². The van der Waals surface area contributed by atoms with Gasteiger partial charge in [0.2, 0.25) is 5.88 Å². The van der Waals surface area contributed by atoms with Gasteiger partial charge in [0, 0.05) is 22.4 Å². The van der Waals surface area contributed by atoms with Crippen LogP contribution in [0.4, 0.5) is 5.69 Å². The van der Waals surface area contributed by atoms with Gasteiger partial charge in [-0.15, -0.1) is 0 Å². The van der Waals surface area contributed by atoms with E-state index in [1.54, 1.807) is 12.3 Å². The molecule has 32 heavy (non-hydrogen) atoms. The molecule has 0 aliphatic heterocycles. The van der Waals surface area contributed by atoms with Gasteiger partial charge in [-0.2, -0.15) is 0 Å². The standard InChI is InChI=1S/C28H22N2O2/c1-18-14-15-21(16-19(18)2)30-27(31)24-12-6-5-11-23(24)25(28(30)32)17-29-26-13-7-9-20-8-3-4-10-22(20)26/h3-17,32H,1-2H3. The lowest BCUT2D eigenvalue weighted by molar-refractivity contribution is 0.436. The Balaban J connectivity index is 1.76. The molecule has 4 aromatic carbocycles. The van der Waals surface area contributed by atoms with Crippen molar-refractivity contribution in [3.63, 3.8) is 0 Å². The van der Waals surface area contributed by atoms with Gasteiger partial charge in [0.05, 0.1) is 16.9 Å². The quantitative estimate of drug-likeness (QED) is 0.354. The van der Waals surface area contributed by atoms with E-state index in [4.69, 9.17) is 4.99 Å². The van der Waals surface area contributed by atoms with E-state index in [1.807, 2.05) is 92.7 Å². The predicted molar refractivity (Wildman–Crippen MR) is 132 cm³/mol. The summed E-state index contributed by atoms with van der Waals surface area (Å²) in [7, 11) is 0. The molecule has 0 atom stereocenters. The van der Waals surface area contributed by atoms with Crippen molar-refractivity contribution >= 4 is 33.4 Å². The van der Waals surface area contributed by atoms with Crippen molar-refractivity contribution in [2.45, 2.75) is 13.8 Å². The zero-order valence-electron chi connectivity index (χ0n) is 17.9. The zero-order chi connectivity index (χ0) is 22.2. The molecule has 0 unspecified atom stereocenters. The van der Waals surface area contributed by atoms with E-state index in [1.165, 1.54) is 4.57 Å². The Morgan fingerprint density at radius 2 is 1.47 bits per heavy atom. The summed E-state index contributed by atoms with van der Waals surface area (Å²) in [4.78, 5) is 18.0. The number of aromatic nitrogens is 1. The molecular weight excluding hydrogens is 396 g/mol. The third-order valence-corrected chi connectivity index (χ3v) is 5.95. The lowest BCUT2D eigenvalue weighted by Crippen LogP contribution is -2.20. The normalized spacial score (nSPS) is 11.6. The second-order valence-electron chi connectivity index (χ2n) is 7.95. The highest BCUT2D eigenvalue weighted by Crippen LogP contribution is 2.29. The molecule has 0 saturated carbocycles. The first-order valence-corrected chi connectivity index (χ1v) is 10.5. The van der Waals surface area contributed by atoms with Crippen LogP contribution in [0.5, 0.6) is 5.88 Å². The van der Waals surface area contributed by atoms with Crippen molar-refractivity contribution in [3.05, 3.63) is 112 Å². The molecule has 0 fully saturated rings. The van der Waals surface area contributed by atoms with E-state index < -0.39 is 0 Å². The molecule has 0 radical (unpaired) electrons. The highest BCUT2D eigenvalue weighted by atomic mass is 16.3. The number of hydrogen-bond donors (Lipinski definition) is 1. The average molecular weight is 418 g/mol. The fourth-order valence-corrected chi connectivity index (χ4v) is 4.05. The van der Waals surface area contributed by atoms with Crippen molar-refractivity contribution in [2.24, 2.45) is 4.99 Å². The second-order valence-corrected chi connectivity index (χ2v) is 7.95.